The van der Waals surface area contributed by atoms with Crippen molar-refractivity contribution >= 4 is 11.3 Å². The standard InChI is InChI=1S/C18H24N2O2S/c1-18(2,3)14-6-4-13(5-7-14)16-15(23-17(21)19-16)12-20-8-10-22-11-9-20/h4-7H,8-12H2,1-3H3,(H,19,21). The lowest BCUT2D eigenvalue weighted by molar-refractivity contribution is 0.0347. The topological polar surface area (TPSA) is 45.3 Å². The highest BCUT2D eigenvalue weighted by atomic mass is 32.1. The van der Waals surface area contributed by atoms with E-state index in [1.807, 2.05) is 0 Å². The van der Waals surface area contributed by atoms with Gasteiger partial charge in [0.2, 0.25) is 0 Å². The molecule has 0 atom stereocenters. The molecular weight excluding hydrogens is 308 g/mol. The van der Waals surface area contributed by atoms with Gasteiger partial charge in [-0.15, -0.1) is 0 Å². The van der Waals surface area contributed by atoms with Crippen LogP contribution in [0.5, 0.6) is 0 Å². The summed E-state index contributed by atoms with van der Waals surface area (Å²) in [6.07, 6.45) is 0. The second-order valence-electron chi connectivity index (χ2n) is 7.03. The molecule has 124 valence electrons. The molecule has 0 aliphatic carbocycles. The van der Waals surface area contributed by atoms with E-state index >= 15 is 0 Å². The number of benzene rings is 1. The van der Waals surface area contributed by atoms with Crippen LogP contribution in [0.3, 0.4) is 0 Å². The molecule has 23 heavy (non-hydrogen) atoms. The van der Waals surface area contributed by atoms with Gasteiger partial charge in [0, 0.05) is 24.5 Å². The van der Waals surface area contributed by atoms with E-state index in [1.54, 1.807) is 0 Å². The van der Waals surface area contributed by atoms with E-state index in [0.717, 1.165) is 49.0 Å². The molecule has 3 rings (SSSR count). The average Bonchev–Trinajstić information content (AvgIpc) is 2.88. The summed E-state index contributed by atoms with van der Waals surface area (Å²) in [6.45, 7) is 10.8. The molecule has 5 heteroatoms. The van der Waals surface area contributed by atoms with Gasteiger partial charge in [0.25, 0.3) is 0 Å². The molecule has 0 radical (unpaired) electrons. The molecule has 1 N–H and O–H groups in total. The first-order valence-corrected chi connectivity index (χ1v) is 8.88. The zero-order chi connectivity index (χ0) is 16.4. The average molecular weight is 332 g/mol. The summed E-state index contributed by atoms with van der Waals surface area (Å²) in [5, 5.41) is 0. The molecule has 1 saturated heterocycles. The van der Waals surface area contributed by atoms with Gasteiger partial charge < -0.3 is 9.72 Å². The van der Waals surface area contributed by atoms with E-state index in [2.05, 4.69) is 54.9 Å². The predicted octanol–water partition coefficient (Wildman–Crippen LogP) is 3.23. The Labute approximate surface area is 141 Å². The molecule has 0 unspecified atom stereocenters. The van der Waals surface area contributed by atoms with Gasteiger partial charge in [0.1, 0.15) is 0 Å². The summed E-state index contributed by atoms with van der Waals surface area (Å²) in [6, 6.07) is 8.54. The molecule has 0 saturated carbocycles. The number of thiazole rings is 1. The maximum absolute atomic E-state index is 11.9. The summed E-state index contributed by atoms with van der Waals surface area (Å²) < 4.78 is 5.39. The van der Waals surface area contributed by atoms with Crippen LogP contribution in [0.1, 0.15) is 31.2 Å². The fourth-order valence-electron chi connectivity index (χ4n) is 2.80. The predicted molar refractivity (Wildman–Crippen MR) is 95.2 cm³/mol. The van der Waals surface area contributed by atoms with E-state index in [9.17, 15) is 4.79 Å². The van der Waals surface area contributed by atoms with E-state index in [1.165, 1.54) is 16.9 Å². The summed E-state index contributed by atoms with van der Waals surface area (Å²) in [7, 11) is 0. The SMILES string of the molecule is CC(C)(C)c1ccc(-c2[nH]c(=O)sc2CN2CCOCC2)cc1. The number of nitrogens with one attached hydrogen (secondary N) is 1. The summed E-state index contributed by atoms with van der Waals surface area (Å²) >= 11 is 1.32. The monoisotopic (exact) mass is 332 g/mol. The molecule has 1 fully saturated rings. The molecule has 1 aliphatic rings. The van der Waals surface area contributed by atoms with Crippen molar-refractivity contribution in [2.24, 2.45) is 0 Å². The smallest absolute Gasteiger partial charge is 0.305 e. The minimum absolute atomic E-state index is 0.0168. The molecule has 1 aromatic carbocycles. The Morgan fingerprint density at radius 3 is 2.43 bits per heavy atom. The number of hydrogen-bond donors (Lipinski definition) is 1. The zero-order valence-corrected chi connectivity index (χ0v) is 14.8. The van der Waals surface area contributed by atoms with E-state index in [0.29, 0.717) is 0 Å². The second kappa shape index (κ2) is 6.59. The Morgan fingerprint density at radius 2 is 1.83 bits per heavy atom. The van der Waals surface area contributed by atoms with Crippen LogP contribution in [0.2, 0.25) is 0 Å². The molecule has 1 aliphatic heterocycles. The van der Waals surface area contributed by atoms with Crippen molar-refractivity contribution in [1.82, 2.24) is 9.88 Å². The van der Waals surface area contributed by atoms with Crippen molar-refractivity contribution in [2.45, 2.75) is 32.7 Å². The van der Waals surface area contributed by atoms with Crippen LogP contribution in [0.25, 0.3) is 11.3 Å². The maximum Gasteiger partial charge on any atom is 0.305 e. The van der Waals surface area contributed by atoms with Gasteiger partial charge >= 0.3 is 4.87 Å². The molecular formula is C18H24N2O2S. The normalized spacial score (nSPS) is 16.7. The van der Waals surface area contributed by atoms with Crippen molar-refractivity contribution in [2.75, 3.05) is 26.3 Å². The molecule has 4 nitrogen and oxygen atoms in total. The Kier molecular flexibility index (Phi) is 4.71. The van der Waals surface area contributed by atoms with Crippen LogP contribution >= 0.6 is 11.3 Å². The van der Waals surface area contributed by atoms with Gasteiger partial charge in [-0.1, -0.05) is 56.4 Å². The number of H-pyrrole nitrogens is 1. The van der Waals surface area contributed by atoms with Crippen molar-refractivity contribution in [1.29, 1.82) is 0 Å². The maximum atomic E-state index is 11.9. The van der Waals surface area contributed by atoms with Crippen LogP contribution in [0, 0.1) is 0 Å². The Bertz CT molecular complexity index is 704. The first kappa shape index (κ1) is 16.4. The first-order valence-electron chi connectivity index (χ1n) is 8.06. The van der Waals surface area contributed by atoms with Crippen LogP contribution in [-0.4, -0.2) is 36.2 Å². The quantitative estimate of drug-likeness (QED) is 0.938. The van der Waals surface area contributed by atoms with Gasteiger partial charge in [-0.25, -0.2) is 0 Å². The van der Waals surface area contributed by atoms with Crippen LogP contribution in [-0.2, 0) is 16.7 Å². The van der Waals surface area contributed by atoms with E-state index in [-0.39, 0.29) is 10.3 Å². The minimum atomic E-state index is 0.0168. The van der Waals surface area contributed by atoms with Gasteiger partial charge in [0.05, 0.1) is 18.9 Å². The van der Waals surface area contributed by atoms with E-state index in [4.69, 9.17) is 4.74 Å². The van der Waals surface area contributed by atoms with Gasteiger partial charge in [-0.05, 0) is 16.5 Å². The number of aromatic nitrogens is 1. The third-order valence-corrected chi connectivity index (χ3v) is 5.10. The largest absolute Gasteiger partial charge is 0.379 e. The van der Waals surface area contributed by atoms with Crippen LogP contribution < -0.4 is 4.87 Å². The van der Waals surface area contributed by atoms with Crippen molar-refractivity contribution < 1.29 is 4.74 Å². The first-order chi connectivity index (χ1) is 10.9. The van der Waals surface area contributed by atoms with Crippen molar-refractivity contribution in [3.8, 4) is 11.3 Å². The lowest BCUT2D eigenvalue weighted by Gasteiger charge is -2.26. The molecule has 0 spiro atoms. The summed E-state index contributed by atoms with van der Waals surface area (Å²) in [4.78, 5) is 18.4. The number of nitrogens with zero attached hydrogens (tertiary/aromatic N) is 1. The third kappa shape index (κ3) is 3.91. The number of morpholine rings is 1. The van der Waals surface area contributed by atoms with Crippen molar-refractivity contribution in [3.63, 3.8) is 0 Å². The van der Waals surface area contributed by atoms with Gasteiger partial charge in [0.15, 0.2) is 0 Å². The number of aromatic amines is 1. The van der Waals surface area contributed by atoms with Gasteiger partial charge in [-0.2, -0.15) is 0 Å². The third-order valence-electron chi connectivity index (χ3n) is 4.23. The molecule has 1 aromatic heterocycles. The summed E-state index contributed by atoms with van der Waals surface area (Å²) in [5.41, 5.74) is 3.48. The fraction of sp³-hybridized carbons (Fsp3) is 0.500. The lowest BCUT2D eigenvalue weighted by Crippen LogP contribution is -2.35. The van der Waals surface area contributed by atoms with Gasteiger partial charge in [-0.3, -0.25) is 9.69 Å². The van der Waals surface area contributed by atoms with Crippen LogP contribution in [0.15, 0.2) is 29.1 Å². The lowest BCUT2D eigenvalue weighted by atomic mass is 9.86. The summed E-state index contributed by atoms with van der Waals surface area (Å²) in [5.74, 6) is 0. The highest BCUT2D eigenvalue weighted by Gasteiger charge is 2.18. The van der Waals surface area contributed by atoms with E-state index < -0.39 is 0 Å². The molecule has 0 bridgehead atoms. The fourth-order valence-corrected chi connectivity index (χ4v) is 3.70. The Hall–Kier alpha value is -1.43. The Morgan fingerprint density at radius 1 is 1.17 bits per heavy atom. The number of rotatable bonds is 3. The Balaban J connectivity index is 1.86. The molecule has 2 aromatic rings. The number of hydrogen-bond acceptors (Lipinski definition) is 4. The number of ether oxygens (including phenoxy) is 1. The van der Waals surface area contributed by atoms with Crippen molar-refractivity contribution in [3.05, 3.63) is 44.4 Å². The molecule has 2 heterocycles. The van der Waals surface area contributed by atoms with Crippen LogP contribution in [0.4, 0.5) is 0 Å². The second-order valence-corrected chi connectivity index (χ2v) is 8.10. The highest BCUT2D eigenvalue weighted by molar-refractivity contribution is 7.09. The highest BCUT2D eigenvalue weighted by Crippen LogP contribution is 2.28. The zero-order valence-electron chi connectivity index (χ0n) is 14.0. The minimum Gasteiger partial charge on any atom is -0.379 e. The molecule has 0 amide bonds.